The molecule has 0 saturated heterocycles. The summed E-state index contributed by atoms with van der Waals surface area (Å²) in [4.78, 5) is 27.1. The SMILES string of the molecule is CCOc1cc2c(cc1OCC)C(CC(=O)OC)N(C(=O)Nc1ccc(C)c(Cl)c1)CC2. The van der Waals surface area contributed by atoms with Gasteiger partial charge in [0.25, 0.3) is 0 Å². The van der Waals surface area contributed by atoms with Crippen molar-refractivity contribution in [3.8, 4) is 11.5 Å². The summed E-state index contributed by atoms with van der Waals surface area (Å²) in [6.45, 7) is 7.14. The Morgan fingerprint density at radius 3 is 2.44 bits per heavy atom. The predicted molar refractivity (Wildman–Crippen MR) is 124 cm³/mol. The van der Waals surface area contributed by atoms with Crippen molar-refractivity contribution in [3.63, 3.8) is 0 Å². The van der Waals surface area contributed by atoms with Crippen molar-refractivity contribution in [1.82, 2.24) is 4.90 Å². The number of carbonyl (C=O) groups excluding carboxylic acids is 2. The van der Waals surface area contributed by atoms with Crippen LogP contribution in [0.5, 0.6) is 11.5 Å². The number of halogens is 1. The first kappa shape index (κ1) is 23.7. The molecule has 0 aliphatic carbocycles. The zero-order valence-corrected chi connectivity index (χ0v) is 19.6. The second-order valence-corrected chi connectivity index (χ2v) is 7.90. The maximum absolute atomic E-state index is 13.2. The number of hydrogen-bond donors (Lipinski definition) is 1. The minimum absolute atomic E-state index is 0.0329. The van der Waals surface area contributed by atoms with Crippen molar-refractivity contribution in [2.75, 3.05) is 32.2 Å². The second kappa shape index (κ2) is 10.6. The molecule has 0 saturated carbocycles. The van der Waals surface area contributed by atoms with E-state index in [0.29, 0.717) is 48.4 Å². The van der Waals surface area contributed by atoms with Crippen molar-refractivity contribution >= 4 is 29.3 Å². The van der Waals surface area contributed by atoms with Crippen molar-refractivity contribution in [2.24, 2.45) is 0 Å². The Hall–Kier alpha value is -2.93. The molecule has 1 aliphatic heterocycles. The summed E-state index contributed by atoms with van der Waals surface area (Å²) in [5.41, 5.74) is 3.39. The molecule has 0 aromatic heterocycles. The summed E-state index contributed by atoms with van der Waals surface area (Å²) < 4.78 is 16.4. The smallest absolute Gasteiger partial charge is 0.322 e. The number of anilines is 1. The average Bonchev–Trinajstić information content (AvgIpc) is 2.77. The van der Waals surface area contributed by atoms with Gasteiger partial charge in [0.05, 0.1) is 32.8 Å². The summed E-state index contributed by atoms with van der Waals surface area (Å²) in [6.07, 6.45) is 0.659. The van der Waals surface area contributed by atoms with E-state index in [1.807, 2.05) is 39.0 Å². The molecule has 2 aromatic rings. The van der Waals surface area contributed by atoms with Crippen molar-refractivity contribution in [1.29, 1.82) is 0 Å². The first-order valence-electron chi connectivity index (χ1n) is 10.7. The van der Waals surface area contributed by atoms with Crippen LogP contribution in [-0.2, 0) is 16.0 Å². The minimum Gasteiger partial charge on any atom is -0.490 e. The Balaban J connectivity index is 1.95. The molecule has 0 radical (unpaired) electrons. The summed E-state index contributed by atoms with van der Waals surface area (Å²) >= 11 is 6.20. The van der Waals surface area contributed by atoms with Crippen LogP contribution in [-0.4, -0.2) is 43.8 Å². The topological polar surface area (TPSA) is 77.1 Å². The molecule has 32 heavy (non-hydrogen) atoms. The number of amides is 2. The highest BCUT2D eigenvalue weighted by molar-refractivity contribution is 6.31. The molecule has 2 aromatic carbocycles. The molecule has 8 heteroatoms. The number of urea groups is 1. The van der Waals surface area contributed by atoms with Gasteiger partial charge in [0, 0.05) is 17.3 Å². The fourth-order valence-corrected chi connectivity index (χ4v) is 4.00. The van der Waals surface area contributed by atoms with Crippen LogP contribution in [0, 0.1) is 6.92 Å². The standard InChI is InChI=1S/C24H29ClN2O5/c1-5-31-21-11-16-9-10-27(24(29)26-17-8-7-15(3)19(25)12-17)20(14-23(28)30-4)18(16)13-22(21)32-6-2/h7-8,11-13,20H,5-6,9-10,14H2,1-4H3,(H,26,29). The monoisotopic (exact) mass is 460 g/mol. The third-order valence-electron chi connectivity index (χ3n) is 5.43. The van der Waals surface area contributed by atoms with Gasteiger partial charge in [0.1, 0.15) is 0 Å². The van der Waals surface area contributed by atoms with Gasteiger partial charge in [-0.15, -0.1) is 0 Å². The molecule has 1 N–H and O–H groups in total. The first-order valence-corrected chi connectivity index (χ1v) is 11.1. The fraction of sp³-hybridized carbons (Fsp3) is 0.417. The molecule has 0 bridgehead atoms. The number of fused-ring (bicyclic) bond motifs is 1. The van der Waals surface area contributed by atoms with Crippen LogP contribution >= 0.6 is 11.6 Å². The van der Waals surface area contributed by atoms with Gasteiger partial charge in [0.2, 0.25) is 0 Å². The van der Waals surface area contributed by atoms with E-state index in [9.17, 15) is 9.59 Å². The van der Waals surface area contributed by atoms with Crippen LogP contribution in [0.3, 0.4) is 0 Å². The highest BCUT2D eigenvalue weighted by Gasteiger charge is 2.34. The molecule has 1 atom stereocenters. The molecule has 0 spiro atoms. The van der Waals surface area contributed by atoms with Crippen molar-refractivity contribution in [3.05, 3.63) is 52.0 Å². The Morgan fingerprint density at radius 1 is 1.12 bits per heavy atom. The number of methoxy groups -OCH3 is 1. The molecule has 3 rings (SSSR count). The lowest BCUT2D eigenvalue weighted by molar-refractivity contribution is -0.141. The summed E-state index contributed by atoms with van der Waals surface area (Å²) in [7, 11) is 1.34. The number of nitrogens with zero attached hydrogens (tertiary/aromatic N) is 1. The molecule has 0 fully saturated rings. The van der Waals surface area contributed by atoms with Gasteiger partial charge < -0.3 is 24.4 Å². The van der Waals surface area contributed by atoms with Gasteiger partial charge in [-0.05, 0) is 68.1 Å². The van der Waals surface area contributed by atoms with Crippen LogP contribution in [0.1, 0.15) is 43.0 Å². The largest absolute Gasteiger partial charge is 0.490 e. The lowest BCUT2D eigenvalue weighted by Gasteiger charge is -2.37. The lowest BCUT2D eigenvalue weighted by Crippen LogP contribution is -2.43. The highest BCUT2D eigenvalue weighted by atomic mass is 35.5. The van der Waals surface area contributed by atoms with Crippen LogP contribution < -0.4 is 14.8 Å². The molecule has 172 valence electrons. The molecule has 7 nitrogen and oxygen atoms in total. The van der Waals surface area contributed by atoms with Crippen molar-refractivity contribution in [2.45, 2.75) is 39.7 Å². The van der Waals surface area contributed by atoms with E-state index in [2.05, 4.69) is 5.32 Å². The van der Waals surface area contributed by atoms with E-state index < -0.39 is 12.0 Å². The predicted octanol–water partition coefficient (Wildman–Crippen LogP) is 5.14. The van der Waals surface area contributed by atoms with Gasteiger partial charge in [-0.25, -0.2) is 4.79 Å². The van der Waals surface area contributed by atoms with Crippen LogP contribution in [0.25, 0.3) is 0 Å². The van der Waals surface area contributed by atoms with Crippen LogP contribution in [0.4, 0.5) is 10.5 Å². The molecular formula is C24H29ClN2O5. The Bertz CT molecular complexity index is 995. The number of carbonyl (C=O) groups is 2. The van der Waals surface area contributed by atoms with E-state index in [-0.39, 0.29) is 12.5 Å². The quantitative estimate of drug-likeness (QED) is 0.579. The van der Waals surface area contributed by atoms with Crippen LogP contribution in [0.15, 0.2) is 30.3 Å². The lowest BCUT2D eigenvalue weighted by atomic mass is 9.90. The summed E-state index contributed by atoms with van der Waals surface area (Å²) in [6, 6.07) is 8.37. The van der Waals surface area contributed by atoms with E-state index in [0.717, 1.165) is 16.7 Å². The number of ether oxygens (including phenoxy) is 3. The van der Waals surface area contributed by atoms with E-state index >= 15 is 0 Å². The third-order valence-corrected chi connectivity index (χ3v) is 5.84. The normalized spacial score (nSPS) is 15.0. The number of esters is 1. The Morgan fingerprint density at radius 2 is 1.81 bits per heavy atom. The van der Waals surface area contributed by atoms with E-state index in [1.54, 1.807) is 17.0 Å². The number of benzene rings is 2. The Labute approximate surface area is 193 Å². The summed E-state index contributed by atoms with van der Waals surface area (Å²) in [5, 5.41) is 3.47. The van der Waals surface area contributed by atoms with Gasteiger partial charge in [-0.2, -0.15) is 0 Å². The molecule has 1 unspecified atom stereocenters. The number of aryl methyl sites for hydroxylation is 1. The highest BCUT2D eigenvalue weighted by Crippen LogP contribution is 2.40. The van der Waals surface area contributed by atoms with E-state index in [4.69, 9.17) is 25.8 Å². The van der Waals surface area contributed by atoms with Gasteiger partial charge in [-0.3, -0.25) is 4.79 Å². The molecule has 1 heterocycles. The Kier molecular flexibility index (Phi) is 7.85. The van der Waals surface area contributed by atoms with Gasteiger partial charge >= 0.3 is 12.0 Å². The maximum Gasteiger partial charge on any atom is 0.322 e. The maximum atomic E-state index is 13.2. The van der Waals surface area contributed by atoms with Gasteiger partial charge in [0.15, 0.2) is 11.5 Å². The minimum atomic E-state index is -0.498. The third kappa shape index (κ3) is 5.27. The molecule has 2 amide bonds. The number of hydrogen-bond acceptors (Lipinski definition) is 5. The van der Waals surface area contributed by atoms with Gasteiger partial charge in [-0.1, -0.05) is 17.7 Å². The summed E-state index contributed by atoms with van der Waals surface area (Å²) in [5.74, 6) is 0.860. The zero-order chi connectivity index (χ0) is 23.3. The average molecular weight is 461 g/mol. The first-order chi connectivity index (χ1) is 15.4. The molecule has 1 aliphatic rings. The van der Waals surface area contributed by atoms with Crippen LogP contribution in [0.2, 0.25) is 5.02 Å². The number of rotatable bonds is 7. The number of nitrogens with one attached hydrogen (secondary N) is 1. The van der Waals surface area contributed by atoms with E-state index in [1.165, 1.54) is 7.11 Å². The zero-order valence-electron chi connectivity index (χ0n) is 18.9. The fourth-order valence-electron chi connectivity index (χ4n) is 3.82. The van der Waals surface area contributed by atoms with Crippen molar-refractivity contribution < 1.29 is 23.8 Å². The second-order valence-electron chi connectivity index (χ2n) is 7.50. The molecular weight excluding hydrogens is 432 g/mol.